The van der Waals surface area contributed by atoms with Crippen molar-refractivity contribution >= 4 is 22.7 Å². The highest BCUT2D eigenvalue weighted by Gasteiger charge is 2.13. The van der Waals surface area contributed by atoms with E-state index in [1.807, 2.05) is 30.5 Å². The molecule has 0 bridgehead atoms. The van der Waals surface area contributed by atoms with Crippen molar-refractivity contribution in [1.29, 1.82) is 0 Å². The number of nitrogens with one attached hydrogen (secondary N) is 1. The van der Waals surface area contributed by atoms with Gasteiger partial charge in [0.15, 0.2) is 0 Å². The van der Waals surface area contributed by atoms with Gasteiger partial charge in [0.2, 0.25) is 0 Å². The van der Waals surface area contributed by atoms with Gasteiger partial charge in [-0.25, -0.2) is 0 Å². The topological polar surface area (TPSA) is 29.9 Å². The lowest BCUT2D eigenvalue weighted by molar-refractivity contribution is 0.538. The Labute approximate surface area is 113 Å². The van der Waals surface area contributed by atoms with Crippen LogP contribution in [-0.4, -0.2) is 34.9 Å². The average molecular weight is 263 g/mol. The molecule has 18 heavy (non-hydrogen) atoms. The maximum atomic E-state index is 4.66. The van der Waals surface area contributed by atoms with E-state index in [0.717, 1.165) is 6.42 Å². The van der Waals surface area contributed by atoms with Crippen molar-refractivity contribution in [2.45, 2.75) is 18.9 Å². The zero-order valence-electron chi connectivity index (χ0n) is 11.3. The normalized spacial score (nSPS) is 13.1. The van der Waals surface area contributed by atoms with Crippen LogP contribution in [0.3, 0.4) is 0 Å². The number of fused-ring (bicyclic) bond motifs is 1. The van der Waals surface area contributed by atoms with E-state index < -0.39 is 0 Å². The van der Waals surface area contributed by atoms with E-state index >= 15 is 0 Å². The summed E-state index contributed by atoms with van der Waals surface area (Å²) in [6.45, 7) is 0. The Morgan fingerprint density at radius 3 is 2.89 bits per heavy atom. The fourth-order valence-electron chi connectivity index (χ4n) is 2.28. The van der Waals surface area contributed by atoms with Crippen LogP contribution in [0, 0.1) is 0 Å². The highest BCUT2D eigenvalue weighted by molar-refractivity contribution is 7.98. The zero-order chi connectivity index (χ0) is 13.0. The minimum Gasteiger partial charge on any atom is -0.317 e. The molecule has 0 fully saturated rings. The molecule has 0 aliphatic heterocycles. The van der Waals surface area contributed by atoms with Crippen molar-refractivity contribution in [2.75, 3.05) is 19.1 Å². The molecule has 0 aliphatic rings. The first-order valence-electron chi connectivity index (χ1n) is 6.33. The molecule has 0 saturated heterocycles. The van der Waals surface area contributed by atoms with E-state index in [4.69, 9.17) is 0 Å². The number of aryl methyl sites for hydroxylation is 1. The van der Waals surface area contributed by atoms with Gasteiger partial charge in [0, 0.05) is 24.9 Å². The van der Waals surface area contributed by atoms with E-state index in [0.29, 0.717) is 6.04 Å². The summed E-state index contributed by atoms with van der Waals surface area (Å²) < 4.78 is 1.98. The van der Waals surface area contributed by atoms with Gasteiger partial charge in [0.25, 0.3) is 0 Å². The van der Waals surface area contributed by atoms with Crippen LogP contribution in [0.5, 0.6) is 0 Å². The molecule has 1 unspecified atom stereocenters. The van der Waals surface area contributed by atoms with E-state index in [1.165, 1.54) is 28.8 Å². The number of benzene rings is 1. The lowest BCUT2D eigenvalue weighted by Crippen LogP contribution is -2.28. The van der Waals surface area contributed by atoms with Crippen LogP contribution >= 0.6 is 11.8 Å². The lowest BCUT2D eigenvalue weighted by atomic mass is 10.1. The van der Waals surface area contributed by atoms with E-state index in [-0.39, 0.29) is 0 Å². The number of thioether (sulfide) groups is 1. The predicted molar refractivity (Wildman–Crippen MR) is 80.3 cm³/mol. The third-order valence-corrected chi connectivity index (χ3v) is 4.00. The van der Waals surface area contributed by atoms with Crippen molar-refractivity contribution in [3.05, 3.63) is 30.0 Å². The second-order valence-corrected chi connectivity index (χ2v) is 5.54. The Kier molecular flexibility index (Phi) is 4.66. The summed E-state index contributed by atoms with van der Waals surface area (Å²) in [6.07, 6.45) is 4.34. The van der Waals surface area contributed by atoms with Gasteiger partial charge in [-0.1, -0.05) is 18.2 Å². The van der Waals surface area contributed by atoms with Crippen LogP contribution in [0.1, 0.15) is 12.1 Å². The molecule has 98 valence electrons. The Hall–Kier alpha value is -1.00. The molecule has 1 N–H and O–H groups in total. The summed E-state index contributed by atoms with van der Waals surface area (Å²) in [4.78, 5) is 0. The van der Waals surface area contributed by atoms with Crippen molar-refractivity contribution in [3.8, 4) is 0 Å². The highest BCUT2D eigenvalue weighted by atomic mass is 32.2. The molecule has 0 aliphatic carbocycles. The molecule has 2 rings (SSSR count). The second kappa shape index (κ2) is 6.25. The third-order valence-electron chi connectivity index (χ3n) is 3.35. The molecular weight excluding hydrogens is 242 g/mol. The van der Waals surface area contributed by atoms with Crippen molar-refractivity contribution in [1.82, 2.24) is 15.1 Å². The zero-order valence-corrected chi connectivity index (χ0v) is 12.1. The summed E-state index contributed by atoms with van der Waals surface area (Å²) in [5, 5.41) is 9.33. The minimum atomic E-state index is 0.510. The van der Waals surface area contributed by atoms with E-state index in [9.17, 15) is 0 Å². The van der Waals surface area contributed by atoms with Crippen LogP contribution < -0.4 is 5.32 Å². The van der Waals surface area contributed by atoms with Crippen LogP contribution in [-0.2, 0) is 13.5 Å². The summed E-state index contributed by atoms with van der Waals surface area (Å²) >= 11 is 1.90. The number of hydrogen-bond acceptors (Lipinski definition) is 3. The summed E-state index contributed by atoms with van der Waals surface area (Å²) in [5.41, 5.74) is 2.42. The maximum Gasteiger partial charge on any atom is 0.0718 e. The Morgan fingerprint density at radius 1 is 1.39 bits per heavy atom. The second-order valence-electron chi connectivity index (χ2n) is 4.56. The van der Waals surface area contributed by atoms with Gasteiger partial charge in [0.05, 0.1) is 11.2 Å². The van der Waals surface area contributed by atoms with Crippen LogP contribution in [0.4, 0.5) is 0 Å². The molecule has 1 aromatic carbocycles. The molecule has 1 heterocycles. The fraction of sp³-hybridized carbons (Fsp3) is 0.500. The summed E-state index contributed by atoms with van der Waals surface area (Å²) in [6, 6.07) is 8.96. The van der Waals surface area contributed by atoms with Crippen molar-refractivity contribution in [2.24, 2.45) is 7.05 Å². The fourth-order valence-corrected chi connectivity index (χ4v) is 2.80. The first-order valence-corrected chi connectivity index (χ1v) is 7.72. The summed E-state index contributed by atoms with van der Waals surface area (Å²) in [5.74, 6) is 1.19. The molecule has 1 aromatic heterocycles. The van der Waals surface area contributed by atoms with Gasteiger partial charge in [-0.05, 0) is 31.5 Å². The Morgan fingerprint density at radius 2 is 2.17 bits per heavy atom. The third kappa shape index (κ3) is 2.87. The highest BCUT2D eigenvalue weighted by Crippen LogP contribution is 2.19. The van der Waals surface area contributed by atoms with Crippen LogP contribution in [0.2, 0.25) is 0 Å². The lowest BCUT2D eigenvalue weighted by Gasteiger charge is -2.14. The molecule has 4 heteroatoms. The number of hydrogen-bond donors (Lipinski definition) is 1. The minimum absolute atomic E-state index is 0.510. The van der Waals surface area contributed by atoms with E-state index in [2.05, 4.69) is 40.9 Å². The number of aromatic nitrogens is 2. The Balaban J connectivity index is 2.20. The number of rotatable bonds is 6. The predicted octanol–water partition coefficient (Wildman–Crippen LogP) is 2.46. The van der Waals surface area contributed by atoms with Gasteiger partial charge in [-0.15, -0.1) is 0 Å². The molecule has 0 spiro atoms. The molecular formula is C14H21N3S. The summed E-state index contributed by atoms with van der Waals surface area (Å²) in [7, 11) is 4.05. The molecule has 3 nitrogen and oxygen atoms in total. The quantitative estimate of drug-likeness (QED) is 0.868. The first-order chi connectivity index (χ1) is 8.76. The smallest absolute Gasteiger partial charge is 0.0718 e. The maximum absolute atomic E-state index is 4.66. The van der Waals surface area contributed by atoms with Gasteiger partial charge < -0.3 is 5.32 Å². The average Bonchev–Trinajstić information content (AvgIpc) is 2.72. The largest absolute Gasteiger partial charge is 0.317 e. The molecule has 2 aromatic rings. The monoisotopic (exact) mass is 263 g/mol. The number of nitrogens with zero attached hydrogens (tertiary/aromatic N) is 2. The molecule has 0 saturated carbocycles. The SMILES string of the molecule is CNC(CCSC)Cc1nn(C)c2ccccc12. The standard InChI is InChI=1S/C14H21N3S/c1-15-11(8-9-18-3)10-13-12-6-4-5-7-14(12)17(2)16-13/h4-7,11,15H,8-10H2,1-3H3. The first kappa shape index (κ1) is 13.4. The number of likely N-dealkylation sites (N-methyl/N-ethyl adjacent to an activating group) is 1. The van der Waals surface area contributed by atoms with E-state index in [1.54, 1.807) is 0 Å². The van der Waals surface area contributed by atoms with Gasteiger partial charge in [0.1, 0.15) is 0 Å². The molecule has 1 atom stereocenters. The van der Waals surface area contributed by atoms with Gasteiger partial charge in [-0.3, -0.25) is 4.68 Å². The Bertz CT molecular complexity index is 507. The van der Waals surface area contributed by atoms with Crippen molar-refractivity contribution < 1.29 is 0 Å². The van der Waals surface area contributed by atoms with Crippen LogP contribution in [0.25, 0.3) is 10.9 Å². The van der Waals surface area contributed by atoms with Crippen LogP contribution in [0.15, 0.2) is 24.3 Å². The van der Waals surface area contributed by atoms with Crippen molar-refractivity contribution in [3.63, 3.8) is 0 Å². The number of para-hydroxylation sites is 1. The van der Waals surface area contributed by atoms with Gasteiger partial charge >= 0.3 is 0 Å². The molecule has 0 radical (unpaired) electrons. The molecule has 0 amide bonds. The van der Waals surface area contributed by atoms with Gasteiger partial charge in [-0.2, -0.15) is 16.9 Å².